The highest BCUT2D eigenvalue weighted by Gasteiger charge is 2.19. The van der Waals surface area contributed by atoms with Gasteiger partial charge < -0.3 is 9.47 Å². The summed E-state index contributed by atoms with van der Waals surface area (Å²) in [5, 5.41) is 1.81. The summed E-state index contributed by atoms with van der Waals surface area (Å²) in [5.74, 6) is -1.70. The van der Waals surface area contributed by atoms with Crippen molar-refractivity contribution in [3.8, 4) is 0 Å². The summed E-state index contributed by atoms with van der Waals surface area (Å²) < 4.78 is 8.41. The summed E-state index contributed by atoms with van der Waals surface area (Å²) in [7, 11) is 5.87. The summed E-state index contributed by atoms with van der Waals surface area (Å²) in [4.78, 5) is 23.1. The van der Waals surface area contributed by atoms with E-state index in [0.717, 1.165) is 4.88 Å². The fraction of sp³-hybridized carbons (Fsp3) is 0.100. The third-order valence-electron chi connectivity index (χ3n) is 1.56. The molecule has 0 N–H and O–H groups in total. The lowest BCUT2D eigenvalue weighted by Gasteiger charge is -2.01. The largest absolute Gasteiger partial charge is 0.465 e. The van der Waals surface area contributed by atoms with Gasteiger partial charge in [-0.1, -0.05) is 6.07 Å². The van der Waals surface area contributed by atoms with Gasteiger partial charge in [0.2, 0.25) is 0 Å². The lowest BCUT2D eigenvalue weighted by Crippen LogP contribution is -2.14. The number of hydrogen-bond acceptors (Lipinski definition) is 5. The Morgan fingerprint density at radius 3 is 2.67 bits per heavy atom. The van der Waals surface area contributed by atoms with E-state index in [2.05, 4.69) is 9.47 Å². The summed E-state index contributed by atoms with van der Waals surface area (Å²) in [6, 6.07) is 3.54. The van der Waals surface area contributed by atoms with E-state index in [1.165, 1.54) is 24.5 Å². The van der Waals surface area contributed by atoms with Crippen molar-refractivity contribution in [3.63, 3.8) is 0 Å². The van der Waals surface area contributed by atoms with E-state index in [-0.39, 0.29) is 5.57 Å². The maximum Gasteiger partial charge on any atom is 0.346 e. The molecule has 0 fully saturated rings. The quantitative estimate of drug-likeness (QED) is 0.338. The molecule has 1 aromatic rings. The first-order valence-corrected chi connectivity index (χ1v) is 4.81. The first-order valence-electron chi connectivity index (χ1n) is 3.93. The van der Waals surface area contributed by atoms with Crippen LogP contribution in [0.25, 0.3) is 6.08 Å². The number of thiophene rings is 1. The molecule has 15 heavy (non-hydrogen) atoms. The first kappa shape index (κ1) is 11.5. The normalized spacial score (nSPS) is 10.9. The van der Waals surface area contributed by atoms with E-state index >= 15 is 0 Å². The molecule has 0 aliphatic carbocycles. The number of carbonyl (C=O) groups is 2. The minimum absolute atomic E-state index is 0.234. The van der Waals surface area contributed by atoms with E-state index in [1.54, 1.807) is 12.1 Å². The van der Waals surface area contributed by atoms with Gasteiger partial charge in [-0.05, 0) is 17.5 Å². The number of rotatable bonds is 3. The zero-order chi connectivity index (χ0) is 11.3. The molecule has 0 unspecified atom stereocenters. The number of methoxy groups -OCH3 is 1. The molecule has 0 aliphatic heterocycles. The topological polar surface area (TPSA) is 52.6 Å². The number of ether oxygens (including phenoxy) is 2. The maximum absolute atomic E-state index is 11.2. The van der Waals surface area contributed by atoms with Gasteiger partial charge in [-0.2, -0.15) is 0 Å². The van der Waals surface area contributed by atoms with Crippen LogP contribution in [0, 0.1) is 7.11 Å². The van der Waals surface area contributed by atoms with Gasteiger partial charge in [-0.15, -0.1) is 11.3 Å². The van der Waals surface area contributed by atoms with Crippen LogP contribution < -0.4 is 0 Å². The Morgan fingerprint density at radius 1 is 1.47 bits per heavy atom. The predicted octanol–water partition coefficient (Wildman–Crippen LogP) is 1.52. The van der Waals surface area contributed by atoms with Gasteiger partial charge in [0.15, 0.2) is 7.11 Å². The van der Waals surface area contributed by atoms with Gasteiger partial charge in [0.05, 0.1) is 7.11 Å². The van der Waals surface area contributed by atoms with Crippen LogP contribution in [0.5, 0.6) is 0 Å². The Labute approximate surface area is 91.1 Å². The Bertz CT molecular complexity index is 360. The van der Waals surface area contributed by atoms with Crippen LogP contribution in [0.15, 0.2) is 23.1 Å². The molecule has 0 amide bonds. The van der Waals surface area contributed by atoms with Crippen molar-refractivity contribution < 1.29 is 19.1 Å². The van der Waals surface area contributed by atoms with Crippen LogP contribution in [0.2, 0.25) is 0 Å². The second kappa shape index (κ2) is 5.31. The summed E-state index contributed by atoms with van der Waals surface area (Å²) >= 11 is 1.37. The van der Waals surface area contributed by atoms with Crippen LogP contribution in [-0.4, -0.2) is 19.0 Å². The number of esters is 2. The van der Waals surface area contributed by atoms with Crippen LogP contribution >= 0.6 is 11.3 Å². The molecule has 5 heteroatoms. The van der Waals surface area contributed by atoms with Crippen molar-refractivity contribution >= 4 is 29.4 Å². The number of hydrogen-bond donors (Lipinski definition) is 0. The van der Waals surface area contributed by atoms with Gasteiger partial charge in [0.25, 0.3) is 0 Å². The molecule has 78 valence electrons. The van der Waals surface area contributed by atoms with Crippen molar-refractivity contribution in [2.24, 2.45) is 0 Å². The third kappa shape index (κ3) is 2.92. The van der Waals surface area contributed by atoms with Crippen molar-refractivity contribution in [2.45, 2.75) is 0 Å². The van der Waals surface area contributed by atoms with Gasteiger partial charge in [0, 0.05) is 4.88 Å². The molecule has 2 radical (unpaired) electrons. The van der Waals surface area contributed by atoms with Gasteiger partial charge >= 0.3 is 11.9 Å². The van der Waals surface area contributed by atoms with Crippen LogP contribution in [0.1, 0.15) is 4.88 Å². The second-order valence-corrected chi connectivity index (χ2v) is 3.45. The molecule has 0 saturated heterocycles. The monoisotopic (exact) mass is 224 g/mol. The minimum Gasteiger partial charge on any atom is -0.465 e. The van der Waals surface area contributed by atoms with Gasteiger partial charge in [-0.25, -0.2) is 9.59 Å². The molecule has 0 bridgehead atoms. The maximum atomic E-state index is 11.2. The number of carbonyl (C=O) groups excluding carboxylic acids is 2. The Hall–Kier alpha value is -1.62. The molecule has 0 atom stereocenters. The molecule has 1 heterocycles. The fourth-order valence-corrected chi connectivity index (χ4v) is 1.55. The van der Waals surface area contributed by atoms with Crippen molar-refractivity contribution in [1.29, 1.82) is 0 Å². The Balaban J connectivity index is 3.00. The lowest BCUT2D eigenvalue weighted by atomic mass is 10.2. The average Bonchev–Trinajstić information content (AvgIpc) is 2.76. The fourth-order valence-electron chi connectivity index (χ4n) is 0.890. The summed E-state index contributed by atoms with van der Waals surface area (Å²) in [6.07, 6.45) is 1.37. The molecule has 0 saturated carbocycles. The molecular formula is C10H8O4S. The molecular weight excluding hydrogens is 216 g/mol. The summed E-state index contributed by atoms with van der Waals surface area (Å²) in [6.45, 7) is 0. The molecule has 1 aromatic heterocycles. The van der Waals surface area contributed by atoms with Crippen molar-refractivity contribution in [1.82, 2.24) is 0 Å². The second-order valence-electron chi connectivity index (χ2n) is 2.47. The van der Waals surface area contributed by atoms with Crippen molar-refractivity contribution in [2.75, 3.05) is 7.11 Å². The zero-order valence-electron chi connectivity index (χ0n) is 7.93. The Morgan fingerprint density at radius 2 is 2.20 bits per heavy atom. The van der Waals surface area contributed by atoms with E-state index in [1.807, 2.05) is 5.38 Å². The summed E-state index contributed by atoms with van der Waals surface area (Å²) in [5.41, 5.74) is -0.234. The van der Waals surface area contributed by atoms with Gasteiger partial charge in [0.1, 0.15) is 5.57 Å². The lowest BCUT2D eigenvalue weighted by molar-refractivity contribution is -0.142. The van der Waals surface area contributed by atoms with Crippen molar-refractivity contribution in [3.05, 3.63) is 35.1 Å². The van der Waals surface area contributed by atoms with E-state index < -0.39 is 11.9 Å². The Kier molecular flexibility index (Phi) is 4.05. The zero-order valence-corrected chi connectivity index (χ0v) is 8.74. The standard InChI is InChI=1S/C10H8O4S/c1-13-9(11)8(10(12)14-2)6-7-4-3-5-15-7/h1,3-6H,2H3/b8-6+. The van der Waals surface area contributed by atoms with Crippen LogP contribution in [-0.2, 0) is 19.1 Å². The third-order valence-corrected chi connectivity index (χ3v) is 2.38. The van der Waals surface area contributed by atoms with Crippen LogP contribution in [0.3, 0.4) is 0 Å². The first-order chi connectivity index (χ1) is 7.19. The molecule has 4 nitrogen and oxygen atoms in total. The van der Waals surface area contributed by atoms with Gasteiger partial charge in [-0.3, -0.25) is 0 Å². The average molecular weight is 224 g/mol. The highest BCUT2D eigenvalue weighted by Crippen LogP contribution is 2.15. The molecule has 1 rings (SSSR count). The highest BCUT2D eigenvalue weighted by atomic mass is 32.1. The molecule has 0 spiro atoms. The van der Waals surface area contributed by atoms with Crippen LogP contribution in [0.4, 0.5) is 0 Å². The highest BCUT2D eigenvalue weighted by molar-refractivity contribution is 7.10. The van der Waals surface area contributed by atoms with E-state index in [9.17, 15) is 9.59 Å². The van der Waals surface area contributed by atoms with E-state index in [0.29, 0.717) is 0 Å². The SMILES string of the molecule is [CH]OC(=O)/C(=C\c1cccs1)C(=O)OC. The predicted molar refractivity (Wildman–Crippen MR) is 54.7 cm³/mol. The smallest absolute Gasteiger partial charge is 0.346 e. The minimum atomic E-state index is -0.921. The molecule has 0 aliphatic rings. The van der Waals surface area contributed by atoms with E-state index in [4.69, 9.17) is 7.11 Å². The molecule has 0 aromatic carbocycles.